The zero-order valence-electron chi connectivity index (χ0n) is 13.3. The van der Waals surface area contributed by atoms with Gasteiger partial charge < -0.3 is 4.57 Å². The molecule has 0 unspecified atom stereocenters. The highest BCUT2D eigenvalue weighted by Gasteiger charge is 2.59. The number of amides is 2. The number of carbonyl (C=O) groups is 2. The number of hydrazone groups is 1. The van der Waals surface area contributed by atoms with Gasteiger partial charge in [-0.25, -0.2) is 0 Å². The van der Waals surface area contributed by atoms with E-state index in [1.165, 1.54) is 0 Å². The van der Waals surface area contributed by atoms with Crippen LogP contribution in [0.2, 0.25) is 0 Å². The molecule has 0 spiro atoms. The monoisotopic (exact) mass is 319 g/mol. The van der Waals surface area contributed by atoms with E-state index in [9.17, 15) is 9.59 Å². The number of para-hydroxylation sites is 1. The lowest BCUT2D eigenvalue weighted by molar-refractivity contribution is -0.140. The third kappa shape index (κ3) is 1.67. The summed E-state index contributed by atoms with van der Waals surface area (Å²) in [4.78, 5) is 25.3. The first-order valence-electron chi connectivity index (χ1n) is 8.29. The zero-order valence-corrected chi connectivity index (χ0v) is 13.3. The van der Waals surface area contributed by atoms with Gasteiger partial charge in [-0.15, -0.1) is 0 Å². The summed E-state index contributed by atoms with van der Waals surface area (Å²) >= 11 is 0. The fourth-order valence-corrected chi connectivity index (χ4v) is 4.60. The summed E-state index contributed by atoms with van der Waals surface area (Å²) in [7, 11) is 1.97. The molecule has 2 heterocycles. The van der Waals surface area contributed by atoms with Crippen LogP contribution >= 0.6 is 0 Å². The van der Waals surface area contributed by atoms with Gasteiger partial charge in [0.15, 0.2) is 0 Å². The average Bonchev–Trinajstić information content (AvgIpc) is 3.32. The highest BCUT2D eigenvalue weighted by atomic mass is 16.2. The SMILES string of the molecule is Cn1cc(/C=N\N2C(=O)[C@@H]3[C@@H](C2=O)[C@H]2C=C[C@H]3C2)c2ccccc21. The fourth-order valence-electron chi connectivity index (χ4n) is 4.60. The van der Waals surface area contributed by atoms with Gasteiger partial charge in [0.1, 0.15) is 0 Å². The van der Waals surface area contributed by atoms with E-state index < -0.39 is 0 Å². The third-order valence-corrected chi connectivity index (χ3v) is 5.69. The molecular formula is C19H17N3O2. The quantitative estimate of drug-likeness (QED) is 0.484. The number of carbonyl (C=O) groups excluding carboxylic acids is 2. The van der Waals surface area contributed by atoms with Gasteiger partial charge in [-0.1, -0.05) is 30.4 Å². The Labute approximate surface area is 139 Å². The molecule has 2 bridgehead atoms. The summed E-state index contributed by atoms with van der Waals surface area (Å²) < 4.78 is 2.02. The number of aromatic nitrogens is 1. The highest BCUT2D eigenvalue weighted by molar-refractivity contribution is 6.07. The van der Waals surface area contributed by atoms with Crippen molar-refractivity contribution in [2.24, 2.45) is 35.8 Å². The van der Waals surface area contributed by atoms with E-state index in [1.807, 2.05) is 42.1 Å². The van der Waals surface area contributed by atoms with Crippen LogP contribution in [-0.2, 0) is 16.6 Å². The van der Waals surface area contributed by atoms with Gasteiger partial charge in [0, 0.05) is 29.7 Å². The first-order valence-corrected chi connectivity index (χ1v) is 8.29. The summed E-state index contributed by atoms with van der Waals surface area (Å²) in [6.45, 7) is 0. The predicted octanol–water partition coefficient (Wildman–Crippen LogP) is 2.32. The second-order valence-electron chi connectivity index (χ2n) is 6.95. The van der Waals surface area contributed by atoms with Gasteiger partial charge in [0.05, 0.1) is 18.1 Å². The lowest BCUT2D eigenvalue weighted by Gasteiger charge is -2.13. The van der Waals surface area contributed by atoms with Crippen LogP contribution in [0.3, 0.4) is 0 Å². The number of nitrogens with zero attached hydrogens (tertiary/aromatic N) is 3. The van der Waals surface area contributed by atoms with Crippen molar-refractivity contribution < 1.29 is 9.59 Å². The van der Waals surface area contributed by atoms with E-state index >= 15 is 0 Å². The van der Waals surface area contributed by atoms with Crippen molar-refractivity contribution in [1.82, 2.24) is 9.58 Å². The molecule has 5 nitrogen and oxygen atoms in total. The van der Waals surface area contributed by atoms with Crippen molar-refractivity contribution in [3.05, 3.63) is 48.2 Å². The molecule has 1 saturated carbocycles. The molecular weight excluding hydrogens is 302 g/mol. The number of aryl methyl sites for hydroxylation is 1. The molecule has 2 amide bonds. The maximum atomic E-state index is 12.6. The molecule has 1 aromatic heterocycles. The molecule has 3 aliphatic rings. The van der Waals surface area contributed by atoms with Crippen molar-refractivity contribution in [3.8, 4) is 0 Å². The molecule has 0 N–H and O–H groups in total. The highest BCUT2D eigenvalue weighted by Crippen LogP contribution is 2.52. The molecule has 24 heavy (non-hydrogen) atoms. The minimum atomic E-state index is -0.197. The molecule has 120 valence electrons. The van der Waals surface area contributed by atoms with Crippen LogP contribution in [0.15, 0.2) is 47.7 Å². The first kappa shape index (κ1) is 13.7. The van der Waals surface area contributed by atoms with Gasteiger partial charge in [-0.3, -0.25) is 9.59 Å². The lowest BCUT2D eigenvalue weighted by Crippen LogP contribution is -2.28. The Kier molecular flexibility index (Phi) is 2.66. The van der Waals surface area contributed by atoms with E-state index in [2.05, 4.69) is 17.3 Å². The molecule has 0 radical (unpaired) electrons. The Morgan fingerprint density at radius 1 is 1.08 bits per heavy atom. The van der Waals surface area contributed by atoms with Crippen LogP contribution in [0, 0.1) is 23.7 Å². The van der Waals surface area contributed by atoms with Crippen LogP contribution in [0.25, 0.3) is 10.9 Å². The van der Waals surface area contributed by atoms with Crippen molar-refractivity contribution in [3.63, 3.8) is 0 Å². The molecule has 1 aliphatic heterocycles. The second kappa shape index (κ2) is 4.66. The topological polar surface area (TPSA) is 54.7 Å². The van der Waals surface area contributed by atoms with Crippen LogP contribution in [-0.4, -0.2) is 27.6 Å². The number of benzene rings is 1. The Balaban J connectivity index is 1.49. The van der Waals surface area contributed by atoms with Crippen molar-refractivity contribution in [2.45, 2.75) is 6.42 Å². The molecule has 5 heteroatoms. The molecule has 2 aromatic rings. The normalized spacial score (nSPS) is 31.1. The van der Waals surface area contributed by atoms with E-state index in [0.717, 1.165) is 27.9 Å². The minimum absolute atomic E-state index is 0.140. The lowest BCUT2D eigenvalue weighted by atomic mass is 9.85. The Morgan fingerprint density at radius 2 is 1.75 bits per heavy atom. The number of allylic oxidation sites excluding steroid dienone is 2. The maximum Gasteiger partial charge on any atom is 0.254 e. The van der Waals surface area contributed by atoms with Crippen LogP contribution < -0.4 is 0 Å². The summed E-state index contributed by atoms with van der Waals surface area (Å²) in [6, 6.07) is 8.01. The minimum Gasteiger partial charge on any atom is -0.350 e. The van der Waals surface area contributed by atoms with Crippen LogP contribution in [0.4, 0.5) is 0 Å². The summed E-state index contributed by atoms with van der Waals surface area (Å²) in [5.74, 6) is -0.241. The van der Waals surface area contributed by atoms with Gasteiger partial charge in [0.25, 0.3) is 11.8 Å². The van der Waals surface area contributed by atoms with Crippen molar-refractivity contribution >= 4 is 28.9 Å². The first-order chi connectivity index (χ1) is 11.6. The number of imide groups is 1. The van der Waals surface area contributed by atoms with E-state index in [-0.39, 0.29) is 35.5 Å². The molecule has 1 saturated heterocycles. The van der Waals surface area contributed by atoms with Gasteiger partial charge >= 0.3 is 0 Å². The predicted molar refractivity (Wildman–Crippen MR) is 90.1 cm³/mol. The average molecular weight is 319 g/mol. The number of rotatable bonds is 2. The smallest absolute Gasteiger partial charge is 0.254 e. The molecule has 5 rings (SSSR count). The molecule has 4 atom stereocenters. The zero-order chi connectivity index (χ0) is 16.4. The Morgan fingerprint density at radius 3 is 2.46 bits per heavy atom. The van der Waals surface area contributed by atoms with Gasteiger partial charge in [-0.05, 0) is 24.3 Å². The standard InChI is InChI=1S/C19H17N3O2/c1-21-10-13(14-4-2-3-5-15(14)21)9-20-22-18(23)16-11-6-7-12(8-11)17(16)19(22)24/h2-7,9-12,16-17H,8H2,1H3/b20-9-/t11-,12-,16-,17-/m0/s1. The molecule has 2 fully saturated rings. The van der Waals surface area contributed by atoms with Crippen LogP contribution in [0.1, 0.15) is 12.0 Å². The third-order valence-electron chi connectivity index (χ3n) is 5.69. The Bertz CT molecular complexity index is 909. The van der Waals surface area contributed by atoms with E-state index in [1.54, 1.807) is 6.21 Å². The number of fused-ring (bicyclic) bond motifs is 6. The van der Waals surface area contributed by atoms with Gasteiger partial charge in [-0.2, -0.15) is 10.1 Å². The maximum absolute atomic E-state index is 12.6. The van der Waals surface area contributed by atoms with Gasteiger partial charge in [0.2, 0.25) is 0 Å². The molecule has 2 aliphatic carbocycles. The molecule has 1 aromatic carbocycles. The van der Waals surface area contributed by atoms with Crippen molar-refractivity contribution in [1.29, 1.82) is 0 Å². The second-order valence-corrected chi connectivity index (χ2v) is 6.95. The number of hydrogen-bond acceptors (Lipinski definition) is 3. The summed E-state index contributed by atoms with van der Waals surface area (Å²) in [5, 5.41) is 6.43. The van der Waals surface area contributed by atoms with E-state index in [4.69, 9.17) is 0 Å². The van der Waals surface area contributed by atoms with Crippen molar-refractivity contribution in [2.75, 3.05) is 0 Å². The van der Waals surface area contributed by atoms with E-state index in [0.29, 0.717) is 0 Å². The largest absolute Gasteiger partial charge is 0.350 e. The fraction of sp³-hybridized carbons (Fsp3) is 0.316. The summed E-state index contributed by atoms with van der Waals surface area (Å²) in [5.41, 5.74) is 2.00. The Hall–Kier alpha value is -2.69. The number of hydrogen-bond donors (Lipinski definition) is 0. The van der Waals surface area contributed by atoms with Crippen LogP contribution in [0.5, 0.6) is 0 Å². The summed E-state index contributed by atoms with van der Waals surface area (Å²) in [6.07, 6.45) is 8.72.